The lowest BCUT2D eigenvalue weighted by Crippen LogP contribution is -2.45. The molecule has 14 heteroatoms. The maximum absolute atomic E-state index is 12.6. The Bertz CT molecular complexity index is 1720. The number of nitro groups is 1. The largest absolute Gasteiger partial charge is 0.493 e. The molecule has 3 amide bonds. The number of nitrogens with zero attached hydrogens (tertiary/aromatic N) is 3. The number of nitro benzene ring substituents is 1. The molecule has 0 saturated carbocycles. The molecule has 3 N–H and O–H groups in total. The number of aromatic nitrogens is 1. The topological polar surface area (TPSA) is 175 Å². The minimum absolute atomic E-state index is 0.0182. The molecule has 45 heavy (non-hydrogen) atoms. The van der Waals surface area contributed by atoms with Crippen LogP contribution in [0.4, 0.5) is 10.5 Å². The lowest BCUT2D eigenvalue weighted by atomic mass is 9.95. The molecule has 236 valence electrons. The fourth-order valence-electron chi connectivity index (χ4n) is 5.05. The number of carbonyl (C=O) groups is 3. The first-order chi connectivity index (χ1) is 21.4. The van der Waals surface area contributed by atoms with Crippen molar-refractivity contribution in [2.24, 2.45) is 5.10 Å². The molecule has 0 radical (unpaired) electrons. The van der Waals surface area contributed by atoms with E-state index < -0.39 is 28.9 Å². The van der Waals surface area contributed by atoms with Crippen LogP contribution < -0.4 is 25.5 Å². The van der Waals surface area contributed by atoms with Crippen molar-refractivity contribution in [1.82, 2.24) is 20.6 Å². The van der Waals surface area contributed by atoms with Crippen LogP contribution in [-0.4, -0.2) is 53.9 Å². The number of amides is 3. The Hall–Kier alpha value is -5.66. The highest BCUT2D eigenvalue weighted by atomic mass is 16.6. The third-order valence-corrected chi connectivity index (χ3v) is 7.14. The summed E-state index contributed by atoms with van der Waals surface area (Å²) in [5.41, 5.74) is 7.66. The molecule has 0 bridgehead atoms. The highest BCUT2D eigenvalue weighted by molar-refractivity contribution is 5.95. The van der Waals surface area contributed by atoms with Gasteiger partial charge in [-0.1, -0.05) is 6.07 Å². The van der Waals surface area contributed by atoms with Crippen LogP contribution in [0.15, 0.2) is 58.8 Å². The predicted octanol–water partition coefficient (Wildman–Crippen LogP) is 4.04. The number of urea groups is 1. The number of nitrogens with one attached hydrogen (secondary N) is 3. The molecular formula is C31H34N6O8. The number of hydrogen-bond donors (Lipinski definition) is 3. The van der Waals surface area contributed by atoms with E-state index in [4.69, 9.17) is 14.2 Å². The number of non-ortho nitro benzene ring substituents is 1. The monoisotopic (exact) mass is 618 g/mol. The molecule has 0 saturated heterocycles. The van der Waals surface area contributed by atoms with Crippen LogP contribution in [0.25, 0.3) is 5.69 Å². The Labute approximate surface area is 259 Å². The average Bonchev–Trinajstić information content (AvgIpc) is 3.27. The van der Waals surface area contributed by atoms with E-state index in [0.717, 1.165) is 28.2 Å². The molecule has 1 atom stereocenters. The zero-order chi connectivity index (χ0) is 32.8. The summed E-state index contributed by atoms with van der Waals surface area (Å²) in [6.45, 7) is 8.71. The van der Waals surface area contributed by atoms with Crippen LogP contribution in [-0.2, 0) is 14.3 Å². The van der Waals surface area contributed by atoms with Gasteiger partial charge in [0.2, 0.25) is 0 Å². The number of carbonyl (C=O) groups excluding carboxylic acids is 3. The van der Waals surface area contributed by atoms with Crippen molar-refractivity contribution in [3.05, 3.63) is 91.9 Å². The van der Waals surface area contributed by atoms with Gasteiger partial charge in [0.15, 0.2) is 18.1 Å². The Morgan fingerprint density at radius 1 is 1.11 bits per heavy atom. The molecule has 4 rings (SSSR count). The second-order valence-electron chi connectivity index (χ2n) is 10.2. The number of aryl methyl sites for hydroxylation is 2. The molecule has 0 unspecified atom stereocenters. The van der Waals surface area contributed by atoms with Gasteiger partial charge in [-0.2, -0.15) is 5.10 Å². The number of esters is 1. The third-order valence-electron chi connectivity index (χ3n) is 7.14. The van der Waals surface area contributed by atoms with Gasteiger partial charge in [-0.3, -0.25) is 14.9 Å². The average molecular weight is 619 g/mol. The number of rotatable bonds is 11. The minimum atomic E-state index is -0.787. The van der Waals surface area contributed by atoms with E-state index in [1.807, 2.05) is 31.4 Å². The molecule has 1 aromatic heterocycles. The quantitative estimate of drug-likeness (QED) is 0.125. The Morgan fingerprint density at radius 2 is 1.87 bits per heavy atom. The summed E-state index contributed by atoms with van der Waals surface area (Å²) in [6.07, 6.45) is 1.51. The van der Waals surface area contributed by atoms with E-state index in [-0.39, 0.29) is 36.0 Å². The zero-order valence-electron chi connectivity index (χ0n) is 25.7. The van der Waals surface area contributed by atoms with Crippen molar-refractivity contribution in [3.63, 3.8) is 0 Å². The van der Waals surface area contributed by atoms with E-state index in [0.29, 0.717) is 11.3 Å². The third kappa shape index (κ3) is 7.12. The van der Waals surface area contributed by atoms with E-state index in [1.165, 1.54) is 25.5 Å². The first kappa shape index (κ1) is 32.3. The number of hydrogen-bond acceptors (Lipinski definition) is 9. The maximum atomic E-state index is 12.6. The van der Waals surface area contributed by atoms with Crippen molar-refractivity contribution in [2.75, 3.05) is 20.3 Å². The molecule has 2 aromatic carbocycles. The van der Waals surface area contributed by atoms with Gasteiger partial charge in [-0.05, 0) is 70.0 Å². The summed E-state index contributed by atoms with van der Waals surface area (Å²) in [5.74, 6) is -0.536. The lowest BCUT2D eigenvalue weighted by Gasteiger charge is -2.28. The van der Waals surface area contributed by atoms with E-state index >= 15 is 0 Å². The predicted molar refractivity (Wildman–Crippen MR) is 165 cm³/mol. The zero-order valence-corrected chi connectivity index (χ0v) is 25.7. The minimum Gasteiger partial charge on any atom is -0.493 e. The van der Waals surface area contributed by atoms with Gasteiger partial charge in [-0.25, -0.2) is 15.0 Å². The molecule has 0 aliphatic carbocycles. The summed E-state index contributed by atoms with van der Waals surface area (Å²) in [4.78, 5) is 48.0. The fourth-order valence-corrected chi connectivity index (χ4v) is 5.05. The number of allylic oxidation sites excluding steroid dienone is 1. The van der Waals surface area contributed by atoms with E-state index in [2.05, 4.69) is 21.2 Å². The smallest absolute Gasteiger partial charge is 0.338 e. The van der Waals surface area contributed by atoms with E-state index in [9.17, 15) is 24.5 Å². The Balaban J connectivity index is 1.42. The van der Waals surface area contributed by atoms with Gasteiger partial charge >= 0.3 is 12.0 Å². The molecule has 1 aliphatic rings. The van der Waals surface area contributed by atoms with Crippen molar-refractivity contribution in [1.29, 1.82) is 0 Å². The van der Waals surface area contributed by atoms with Gasteiger partial charge in [0.25, 0.3) is 11.6 Å². The van der Waals surface area contributed by atoms with Crippen molar-refractivity contribution in [3.8, 4) is 17.2 Å². The van der Waals surface area contributed by atoms with Crippen LogP contribution in [0, 0.1) is 30.9 Å². The van der Waals surface area contributed by atoms with Crippen molar-refractivity contribution < 1.29 is 33.5 Å². The molecule has 0 fully saturated rings. The molecule has 0 spiro atoms. The highest BCUT2D eigenvalue weighted by Crippen LogP contribution is 2.34. The van der Waals surface area contributed by atoms with Gasteiger partial charge in [-0.15, -0.1) is 0 Å². The summed E-state index contributed by atoms with van der Waals surface area (Å²) >= 11 is 0. The van der Waals surface area contributed by atoms with Gasteiger partial charge in [0.05, 0.1) is 36.5 Å². The second-order valence-corrected chi connectivity index (χ2v) is 10.2. The first-order valence-electron chi connectivity index (χ1n) is 14.0. The number of ether oxygens (including phenoxy) is 3. The lowest BCUT2D eigenvalue weighted by molar-refractivity contribution is -0.384. The molecule has 1 aliphatic heterocycles. The van der Waals surface area contributed by atoms with Crippen LogP contribution in [0.5, 0.6) is 11.5 Å². The fraction of sp³-hybridized carbons (Fsp3) is 0.290. The number of hydrazone groups is 1. The molecule has 14 nitrogen and oxygen atoms in total. The van der Waals surface area contributed by atoms with Gasteiger partial charge in [0.1, 0.15) is 0 Å². The second kappa shape index (κ2) is 13.8. The maximum Gasteiger partial charge on any atom is 0.338 e. The number of benzene rings is 2. The van der Waals surface area contributed by atoms with Gasteiger partial charge in [0, 0.05) is 40.5 Å². The first-order valence-corrected chi connectivity index (χ1v) is 14.0. The highest BCUT2D eigenvalue weighted by Gasteiger charge is 2.32. The van der Waals surface area contributed by atoms with Gasteiger partial charge < -0.3 is 29.4 Å². The van der Waals surface area contributed by atoms with Crippen LogP contribution >= 0.6 is 0 Å². The van der Waals surface area contributed by atoms with Crippen LogP contribution in [0.3, 0.4) is 0 Å². The summed E-state index contributed by atoms with van der Waals surface area (Å²) < 4.78 is 18.3. The number of methoxy groups -OCH3 is 1. The molecule has 2 heterocycles. The SMILES string of the molecule is CCOC(=O)C1=C(C)NC(=O)N[C@@H]1c1ccc(OCC(=O)N/N=C\c2cc(C)n(-c3ccc([N+](=O)[O-])cc3C)c2C)c(OC)c1. The Morgan fingerprint density at radius 3 is 2.53 bits per heavy atom. The van der Waals surface area contributed by atoms with Crippen LogP contribution in [0.1, 0.15) is 48.0 Å². The van der Waals surface area contributed by atoms with Crippen molar-refractivity contribution in [2.45, 2.75) is 40.7 Å². The molecule has 3 aromatic rings. The van der Waals surface area contributed by atoms with Crippen LogP contribution in [0.2, 0.25) is 0 Å². The molecular weight excluding hydrogens is 584 g/mol. The normalized spacial score (nSPS) is 14.5. The Kier molecular flexibility index (Phi) is 9.86. The summed E-state index contributed by atoms with van der Waals surface area (Å²) in [7, 11) is 1.43. The summed E-state index contributed by atoms with van der Waals surface area (Å²) in [5, 5.41) is 20.5. The standard InChI is InChI=1S/C31H34N6O8/c1-7-44-30(39)28-19(4)33-31(40)34-29(28)21-8-11-25(26(14-21)43-6)45-16-27(38)35-32-15-22-13-18(3)36(20(22)5)24-10-9-23(37(41)42)12-17(24)2/h8-15,29H,7,16H2,1-6H3,(H,35,38)(H2,33,34,40)/b32-15-/t29-/m1/s1. The summed E-state index contributed by atoms with van der Waals surface area (Å²) in [6, 6.07) is 10.2. The van der Waals surface area contributed by atoms with Crippen molar-refractivity contribution >= 4 is 29.8 Å². The van der Waals surface area contributed by atoms with E-state index in [1.54, 1.807) is 38.1 Å².